The molecule has 2 aromatic rings. The number of nitrogen functional groups attached to an aromatic ring is 2. The Bertz CT molecular complexity index is 478. The Morgan fingerprint density at radius 1 is 0.824 bits per heavy atom. The molecule has 0 aromatic heterocycles. The summed E-state index contributed by atoms with van der Waals surface area (Å²) in [7, 11) is 0. The van der Waals surface area contributed by atoms with Crippen LogP contribution >= 0.6 is 0 Å². The molecule has 0 unspecified atom stereocenters. The molecule has 17 heavy (non-hydrogen) atoms. The second kappa shape index (κ2) is 5.65. The first kappa shape index (κ1) is 12.7. The third kappa shape index (κ3) is 3.95. The topological polar surface area (TPSA) is 92.5 Å². The Labute approximate surface area is 100 Å². The van der Waals surface area contributed by atoms with Gasteiger partial charge in [-0.15, -0.1) is 0 Å². The maximum atomic E-state index is 8.92. The van der Waals surface area contributed by atoms with Crippen LogP contribution in [0, 0.1) is 6.92 Å². The highest BCUT2D eigenvalue weighted by molar-refractivity contribution is 5.53. The van der Waals surface area contributed by atoms with Crippen LogP contribution in [0.4, 0.5) is 11.4 Å². The third-order valence-corrected chi connectivity index (χ3v) is 2.12. The summed E-state index contributed by atoms with van der Waals surface area (Å²) in [4.78, 5) is 0. The van der Waals surface area contributed by atoms with Crippen molar-refractivity contribution in [2.75, 3.05) is 11.5 Å². The number of anilines is 2. The van der Waals surface area contributed by atoms with Gasteiger partial charge in [0.15, 0.2) is 0 Å². The molecule has 0 aliphatic rings. The van der Waals surface area contributed by atoms with Crippen molar-refractivity contribution >= 4 is 11.4 Å². The Hall–Kier alpha value is -2.36. The number of nitrogens with two attached hydrogens (primary N) is 2. The summed E-state index contributed by atoms with van der Waals surface area (Å²) in [6, 6.07) is 11.8. The van der Waals surface area contributed by atoms with Gasteiger partial charge in [-0.2, -0.15) is 0 Å². The van der Waals surface area contributed by atoms with Crippen molar-refractivity contribution in [2.24, 2.45) is 0 Å². The number of rotatable bonds is 0. The number of benzene rings is 2. The lowest BCUT2D eigenvalue weighted by atomic mass is 10.2. The first-order chi connectivity index (χ1) is 8.00. The van der Waals surface area contributed by atoms with E-state index in [1.807, 2.05) is 13.0 Å². The summed E-state index contributed by atoms with van der Waals surface area (Å²) in [6.07, 6.45) is 0. The molecule has 0 heterocycles. The van der Waals surface area contributed by atoms with E-state index in [1.54, 1.807) is 36.4 Å². The third-order valence-electron chi connectivity index (χ3n) is 2.12. The molecule has 6 N–H and O–H groups in total. The van der Waals surface area contributed by atoms with E-state index in [9.17, 15) is 0 Å². The molecule has 0 saturated carbocycles. The molecule has 4 nitrogen and oxygen atoms in total. The van der Waals surface area contributed by atoms with Crippen LogP contribution in [0.25, 0.3) is 0 Å². The van der Waals surface area contributed by atoms with Crippen molar-refractivity contribution in [2.45, 2.75) is 6.92 Å². The summed E-state index contributed by atoms with van der Waals surface area (Å²) < 4.78 is 0. The first-order valence-corrected chi connectivity index (χ1v) is 5.09. The van der Waals surface area contributed by atoms with E-state index in [2.05, 4.69) is 0 Å². The van der Waals surface area contributed by atoms with E-state index in [0.29, 0.717) is 11.4 Å². The smallest absolute Gasteiger partial charge is 0.138 e. The average molecular weight is 232 g/mol. The summed E-state index contributed by atoms with van der Waals surface area (Å²) >= 11 is 0. The summed E-state index contributed by atoms with van der Waals surface area (Å²) in [5.74, 6) is 0.299. The number of hydrogen-bond acceptors (Lipinski definition) is 4. The molecular formula is C13H16N2O2. The molecule has 0 bridgehead atoms. The minimum Gasteiger partial charge on any atom is -0.506 e. The van der Waals surface area contributed by atoms with Crippen molar-refractivity contribution in [3.05, 3.63) is 48.0 Å². The van der Waals surface area contributed by atoms with Crippen LogP contribution in [0.2, 0.25) is 0 Å². The van der Waals surface area contributed by atoms with Crippen molar-refractivity contribution in [3.63, 3.8) is 0 Å². The minimum absolute atomic E-state index is 0.146. The van der Waals surface area contributed by atoms with Crippen LogP contribution in [0.15, 0.2) is 42.5 Å². The summed E-state index contributed by atoms with van der Waals surface area (Å²) in [6.45, 7) is 1.93. The van der Waals surface area contributed by atoms with Gasteiger partial charge in [-0.3, -0.25) is 0 Å². The van der Waals surface area contributed by atoms with E-state index in [0.717, 1.165) is 5.56 Å². The Morgan fingerprint density at radius 2 is 1.41 bits per heavy atom. The van der Waals surface area contributed by atoms with Gasteiger partial charge in [0, 0.05) is 0 Å². The molecule has 0 amide bonds. The van der Waals surface area contributed by atoms with Crippen LogP contribution in [0.5, 0.6) is 11.5 Å². The van der Waals surface area contributed by atoms with Crippen molar-refractivity contribution in [1.29, 1.82) is 0 Å². The van der Waals surface area contributed by atoms with Crippen LogP contribution in [0.3, 0.4) is 0 Å². The van der Waals surface area contributed by atoms with Crippen LogP contribution in [-0.4, -0.2) is 10.2 Å². The second-order valence-corrected chi connectivity index (χ2v) is 3.62. The Balaban J connectivity index is 0.000000171. The maximum Gasteiger partial charge on any atom is 0.138 e. The normalized spacial score (nSPS) is 9.24. The Morgan fingerprint density at radius 3 is 1.82 bits per heavy atom. The maximum absolute atomic E-state index is 8.92. The molecule has 4 heteroatoms. The van der Waals surface area contributed by atoms with E-state index in [-0.39, 0.29) is 11.5 Å². The summed E-state index contributed by atoms with van der Waals surface area (Å²) in [5.41, 5.74) is 12.6. The van der Waals surface area contributed by atoms with E-state index < -0.39 is 0 Å². The highest BCUT2D eigenvalue weighted by Crippen LogP contribution is 2.19. The van der Waals surface area contributed by atoms with Crippen molar-refractivity contribution in [1.82, 2.24) is 0 Å². The quantitative estimate of drug-likeness (QED) is 0.414. The molecule has 0 aliphatic heterocycles. The molecule has 0 spiro atoms. The van der Waals surface area contributed by atoms with Gasteiger partial charge >= 0.3 is 0 Å². The number of phenolic OH excluding ortho intramolecular Hbond substituents is 2. The van der Waals surface area contributed by atoms with Gasteiger partial charge in [0.2, 0.25) is 0 Å². The SMILES string of the molecule is Cc1ccc(O)c(N)c1.Nc1ccccc1O. The fourth-order valence-electron chi connectivity index (χ4n) is 1.16. The lowest BCUT2D eigenvalue weighted by Gasteiger charge is -1.97. The lowest BCUT2D eigenvalue weighted by molar-refractivity contribution is 0.477. The number of aromatic hydroxyl groups is 2. The summed E-state index contributed by atoms with van der Waals surface area (Å²) in [5, 5.41) is 17.7. The lowest BCUT2D eigenvalue weighted by Crippen LogP contribution is -1.85. The van der Waals surface area contributed by atoms with Crippen molar-refractivity contribution < 1.29 is 10.2 Å². The van der Waals surface area contributed by atoms with E-state index in [1.165, 1.54) is 0 Å². The van der Waals surface area contributed by atoms with Crippen molar-refractivity contribution in [3.8, 4) is 11.5 Å². The molecule has 0 fully saturated rings. The highest BCUT2D eigenvalue weighted by atomic mass is 16.3. The zero-order valence-corrected chi connectivity index (χ0v) is 9.59. The zero-order valence-electron chi connectivity index (χ0n) is 9.59. The molecule has 2 rings (SSSR count). The van der Waals surface area contributed by atoms with Crippen LogP contribution in [-0.2, 0) is 0 Å². The van der Waals surface area contributed by atoms with Crippen LogP contribution < -0.4 is 11.5 Å². The number of para-hydroxylation sites is 2. The highest BCUT2D eigenvalue weighted by Gasteiger charge is 1.92. The molecule has 2 aromatic carbocycles. The standard InChI is InChI=1S/C7H9NO.C6H7NO/c1-5-2-3-7(9)6(8)4-5;7-5-3-1-2-4-6(5)8/h2-4,9H,8H2,1H3;1-4,8H,7H2. The molecule has 0 atom stereocenters. The average Bonchev–Trinajstić information content (AvgIpc) is 2.29. The predicted molar refractivity (Wildman–Crippen MR) is 69.8 cm³/mol. The minimum atomic E-state index is 0.146. The van der Waals surface area contributed by atoms with Gasteiger partial charge in [0.05, 0.1) is 11.4 Å². The predicted octanol–water partition coefficient (Wildman–Crippen LogP) is 2.26. The van der Waals surface area contributed by atoms with E-state index in [4.69, 9.17) is 21.7 Å². The van der Waals surface area contributed by atoms with Gasteiger partial charge in [-0.25, -0.2) is 0 Å². The molecule has 0 aliphatic carbocycles. The van der Waals surface area contributed by atoms with Crippen LogP contribution in [0.1, 0.15) is 5.56 Å². The fourth-order valence-corrected chi connectivity index (χ4v) is 1.16. The van der Waals surface area contributed by atoms with Gasteiger partial charge in [0.1, 0.15) is 11.5 Å². The largest absolute Gasteiger partial charge is 0.506 e. The number of aryl methyl sites for hydroxylation is 1. The zero-order chi connectivity index (χ0) is 12.8. The molecule has 0 radical (unpaired) electrons. The molecular weight excluding hydrogens is 216 g/mol. The Kier molecular flexibility index (Phi) is 4.22. The molecule has 90 valence electrons. The van der Waals surface area contributed by atoms with E-state index >= 15 is 0 Å². The van der Waals surface area contributed by atoms with Gasteiger partial charge in [-0.1, -0.05) is 18.2 Å². The monoisotopic (exact) mass is 232 g/mol. The number of hydrogen-bond donors (Lipinski definition) is 4. The fraction of sp³-hybridized carbons (Fsp3) is 0.0769. The second-order valence-electron chi connectivity index (χ2n) is 3.62. The van der Waals surface area contributed by atoms with Gasteiger partial charge in [-0.05, 0) is 36.8 Å². The van der Waals surface area contributed by atoms with Gasteiger partial charge in [0.25, 0.3) is 0 Å². The number of phenols is 2. The first-order valence-electron chi connectivity index (χ1n) is 5.09. The molecule has 0 saturated heterocycles. The van der Waals surface area contributed by atoms with Gasteiger partial charge < -0.3 is 21.7 Å².